The number of aromatic nitrogens is 1. The summed E-state index contributed by atoms with van der Waals surface area (Å²) < 4.78 is 16.9. The molecule has 1 aromatic carbocycles. The zero-order chi connectivity index (χ0) is 17.6. The van der Waals surface area contributed by atoms with E-state index in [1.54, 1.807) is 13.4 Å². The zero-order valence-electron chi connectivity index (χ0n) is 15.4. The van der Waals surface area contributed by atoms with Gasteiger partial charge in [0, 0.05) is 31.0 Å². The number of benzene rings is 1. The molecule has 2 aliphatic rings. The number of oxazole rings is 1. The zero-order valence-corrected chi connectivity index (χ0v) is 15.4. The van der Waals surface area contributed by atoms with E-state index in [4.69, 9.17) is 18.9 Å². The molecule has 2 heterocycles. The first-order valence-electron chi connectivity index (χ1n) is 8.91. The van der Waals surface area contributed by atoms with Crippen molar-refractivity contribution >= 4 is 0 Å². The molecule has 134 valence electrons. The summed E-state index contributed by atoms with van der Waals surface area (Å²) in [5.74, 6) is 2.03. The number of ether oxygens (including phenoxy) is 2. The maximum absolute atomic E-state index is 5.74. The van der Waals surface area contributed by atoms with Crippen LogP contribution >= 0.6 is 0 Å². The second-order valence-corrected chi connectivity index (χ2v) is 7.69. The number of fused-ring (bicyclic) bond motifs is 1. The van der Waals surface area contributed by atoms with Crippen molar-refractivity contribution in [3.05, 3.63) is 36.2 Å². The molecule has 4 rings (SSSR count). The van der Waals surface area contributed by atoms with Crippen LogP contribution in [0.5, 0.6) is 5.75 Å². The van der Waals surface area contributed by atoms with E-state index >= 15 is 0 Å². The molecule has 2 aromatic rings. The van der Waals surface area contributed by atoms with Gasteiger partial charge in [0.2, 0.25) is 5.89 Å². The molecule has 1 unspecified atom stereocenters. The molecule has 2 fully saturated rings. The summed E-state index contributed by atoms with van der Waals surface area (Å²) >= 11 is 0. The van der Waals surface area contributed by atoms with E-state index in [9.17, 15) is 0 Å². The van der Waals surface area contributed by atoms with Crippen LogP contribution in [0.4, 0.5) is 0 Å². The third kappa shape index (κ3) is 2.57. The van der Waals surface area contributed by atoms with Gasteiger partial charge in [0.15, 0.2) is 0 Å². The molecule has 1 saturated heterocycles. The van der Waals surface area contributed by atoms with Gasteiger partial charge in [-0.25, -0.2) is 4.98 Å². The van der Waals surface area contributed by atoms with Crippen molar-refractivity contribution in [2.75, 3.05) is 20.8 Å². The van der Waals surface area contributed by atoms with Crippen molar-refractivity contribution in [1.82, 2.24) is 9.88 Å². The van der Waals surface area contributed by atoms with Gasteiger partial charge < -0.3 is 13.9 Å². The van der Waals surface area contributed by atoms with Crippen molar-refractivity contribution in [2.45, 2.75) is 39.0 Å². The van der Waals surface area contributed by atoms with Crippen LogP contribution in [-0.2, 0) is 11.3 Å². The van der Waals surface area contributed by atoms with Crippen LogP contribution in [-0.4, -0.2) is 42.8 Å². The molecule has 5 nitrogen and oxygen atoms in total. The smallest absolute Gasteiger partial charge is 0.229 e. The van der Waals surface area contributed by atoms with E-state index in [2.05, 4.69) is 18.7 Å². The molecule has 0 spiro atoms. The standard InChI is InChI=1S/C20H26N2O3/c1-20(2)17-15(18(20)24-4)9-10-22(17)11-13-12-25-19(21-13)14-7-5-6-8-16(14)23-3/h5-8,12,15,17-18H,9-11H2,1-4H3/t15-,17+,18?/m1/s1. The maximum Gasteiger partial charge on any atom is 0.229 e. The minimum absolute atomic E-state index is 0.186. The summed E-state index contributed by atoms with van der Waals surface area (Å²) in [7, 11) is 3.50. The fourth-order valence-electron chi connectivity index (χ4n) is 5.01. The predicted octanol–water partition coefficient (Wildman–Crippen LogP) is 3.60. The minimum atomic E-state index is 0.186. The Bertz CT molecular complexity index is 755. The van der Waals surface area contributed by atoms with Crippen molar-refractivity contribution in [3.63, 3.8) is 0 Å². The summed E-state index contributed by atoms with van der Waals surface area (Å²) in [6.45, 7) is 6.53. The predicted molar refractivity (Wildman–Crippen MR) is 95.4 cm³/mol. The van der Waals surface area contributed by atoms with Gasteiger partial charge in [0.25, 0.3) is 0 Å². The lowest BCUT2D eigenvalue weighted by Gasteiger charge is -2.57. The lowest BCUT2D eigenvalue weighted by molar-refractivity contribution is -0.162. The molecule has 1 aliphatic carbocycles. The molecule has 0 N–H and O–H groups in total. The van der Waals surface area contributed by atoms with Gasteiger partial charge in [-0.3, -0.25) is 4.90 Å². The Morgan fingerprint density at radius 1 is 1.28 bits per heavy atom. The number of rotatable bonds is 5. The average molecular weight is 342 g/mol. The van der Waals surface area contributed by atoms with Crippen LogP contribution in [0.15, 0.2) is 34.9 Å². The molecule has 25 heavy (non-hydrogen) atoms. The van der Waals surface area contributed by atoms with Gasteiger partial charge in [-0.2, -0.15) is 0 Å². The topological polar surface area (TPSA) is 47.7 Å². The fraction of sp³-hybridized carbons (Fsp3) is 0.550. The van der Waals surface area contributed by atoms with Crippen LogP contribution in [0.3, 0.4) is 0 Å². The van der Waals surface area contributed by atoms with E-state index < -0.39 is 0 Å². The lowest BCUT2D eigenvalue weighted by atomic mass is 9.57. The Morgan fingerprint density at radius 2 is 2.08 bits per heavy atom. The third-order valence-corrected chi connectivity index (χ3v) is 5.94. The molecule has 0 bridgehead atoms. The molecule has 1 saturated carbocycles. The van der Waals surface area contributed by atoms with Crippen molar-refractivity contribution < 1.29 is 13.9 Å². The van der Waals surface area contributed by atoms with Gasteiger partial charge in [0.1, 0.15) is 12.0 Å². The average Bonchev–Trinajstić information content (AvgIpc) is 3.21. The molecule has 3 atom stereocenters. The Balaban J connectivity index is 1.51. The maximum atomic E-state index is 5.74. The minimum Gasteiger partial charge on any atom is -0.496 e. The first-order valence-corrected chi connectivity index (χ1v) is 8.91. The van der Waals surface area contributed by atoms with Crippen LogP contribution in [0.25, 0.3) is 11.5 Å². The summed E-state index contributed by atoms with van der Waals surface area (Å²) in [5.41, 5.74) is 2.04. The number of nitrogens with zero attached hydrogens (tertiary/aromatic N) is 2. The van der Waals surface area contributed by atoms with Gasteiger partial charge >= 0.3 is 0 Å². The van der Waals surface area contributed by atoms with Gasteiger partial charge in [-0.15, -0.1) is 0 Å². The van der Waals surface area contributed by atoms with Crippen LogP contribution in [0, 0.1) is 11.3 Å². The number of likely N-dealkylation sites (tertiary alicyclic amines) is 1. The number of methoxy groups -OCH3 is 2. The molecule has 1 aromatic heterocycles. The molecule has 1 aliphatic heterocycles. The van der Waals surface area contributed by atoms with Crippen molar-refractivity contribution in [1.29, 1.82) is 0 Å². The molecular formula is C20H26N2O3. The highest BCUT2D eigenvalue weighted by molar-refractivity contribution is 5.62. The Kier molecular flexibility index (Phi) is 4.08. The molecular weight excluding hydrogens is 316 g/mol. The summed E-state index contributed by atoms with van der Waals surface area (Å²) in [6.07, 6.45) is 3.34. The van der Waals surface area contributed by atoms with E-state index in [1.165, 1.54) is 6.42 Å². The van der Waals surface area contributed by atoms with Crippen molar-refractivity contribution in [2.24, 2.45) is 11.3 Å². The van der Waals surface area contributed by atoms with E-state index in [0.717, 1.165) is 30.1 Å². The fourth-order valence-corrected chi connectivity index (χ4v) is 5.01. The van der Waals surface area contributed by atoms with Crippen LogP contribution in [0.1, 0.15) is 26.0 Å². The molecule has 0 amide bonds. The van der Waals surface area contributed by atoms with Gasteiger partial charge in [-0.1, -0.05) is 26.0 Å². The second kappa shape index (κ2) is 6.15. The van der Waals surface area contributed by atoms with Gasteiger partial charge in [-0.05, 0) is 25.1 Å². The number of para-hydroxylation sites is 1. The highest BCUT2D eigenvalue weighted by Gasteiger charge is 2.61. The largest absolute Gasteiger partial charge is 0.496 e. The quantitative estimate of drug-likeness (QED) is 0.831. The number of hydrogen-bond acceptors (Lipinski definition) is 5. The normalized spacial score (nSPS) is 27.8. The molecule has 0 radical (unpaired) electrons. The summed E-state index contributed by atoms with van der Waals surface area (Å²) in [4.78, 5) is 7.24. The Labute approximate surface area is 148 Å². The lowest BCUT2D eigenvalue weighted by Crippen LogP contribution is -2.64. The van der Waals surface area contributed by atoms with E-state index in [0.29, 0.717) is 24.0 Å². The number of hydrogen-bond donors (Lipinski definition) is 0. The molecule has 5 heteroatoms. The highest BCUT2D eigenvalue weighted by atomic mass is 16.5. The highest BCUT2D eigenvalue weighted by Crippen LogP contribution is 2.54. The summed E-state index contributed by atoms with van der Waals surface area (Å²) in [6, 6.07) is 8.37. The monoisotopic (exact) mass is 342 g/mol. The SMILES string of the molecule is COc1ccccc1-c1nc(CN2CC[C@H]3C(OC)C(C)(C)[C@H]32)co1. The Morgan fingerprint density at radius 3 is 2.84 bits per heavy atom. The first-order chi connectivity index (χ1) is 12.1. The van der Waals surface area contributed by atoms with Crippen LogP contribution < -0.4 is 4.74 Å². The van der Waals surface area contributed by atoms with Gasteiger partial charge in [0.05, 0.1) is 24.5 Å². The summed E-state index contributed by atoms with van der Waals surface area (Å²) in [5, 5.41) is 0. The Hall–Kier alpha value is -1.85. The van der Waals surface area contributed by atoms with Crippen molar-refractivity contribution in [3.8, 4) is 17.2 Å². The van der Waals surface area contributed by atoms with Crippen LogP contribution in [0.2, 0.25) is 0 Å². The second-order valence-electron chi connectivity index (χ2n) is 7.69. The van der Waals surface area contributed by atoms with E-state index in [-0.39, 0.29) is 5.41 Å². The van der Waals surface area contributed by atoms with E-state index in [1.807, 2.05) is 31.4 Å². The third-order valence-electron chi connectivity index (χ3n) is 5.94. The first kappa shape index (κ1) is 16.6.